The highest BCUT2D eigenvalue weighted by Gasteiger charge is 2.10. The number of methoxy groups -OCH3 is 1. The van der Waals surface area contributed by atoms with Gasteiger partial charge in [-0.15, -0.1) is 0 Å². The summed E-state index contributed by atoms with van der Waals surface area (Å²) in [4.78, 5) is 0. The normalized spacial score (nSPS) is 10.2. The smallest absolute Gasteiger partial charge is 0.133 e. The number of nitrogens with one attached hydrogen (secondary N) is 1. The Labute approximate surface area is 92.2 Å². The van der Waals surface area contributed by atoms with E-state index in [1.807, 2.05) is 7.05 Å². The van der Waals surface area contributed by atoms with Gasteiger partial charge in [-0.05, 0) is 48.1 Å². The van der Waals surface area contributed by atoms with Crippen molar-refractivity contribution in [2.24, 2.45) is 0 Å². The third-order valence-corrected chi connectivity index (χ3v) is 2.90. The van der Waals surface area contributed by atoms with E-state index in [4.69, 9.17) is 4.74 Å². The van der Waals surface area contributed by atoms with Crippen molar-refractivity contribution in [3.05, 3.63) is 22.2 Å². The molecule has 0 radical (unpaired) electrons. The molecule has 0 saturated carbocycles. The van der Waals surface area contributed by atoms with Gasteiger partial charge in [0.25, 0.3) is 0 Å². The van der Waals surface area contributed by atoms with Gasteiger partial charge in [-0.1, -0.05) is 0 Å². The van der Waals surface area contributed by atoms with Crippen LogP contribution < -0.4 is 10.1 Å². The molecule has 0 fully saturated rings. The van der Waals surface area contributed by atoms with Crippen LogP contribution in [0, 0.1) is 0 Å². The van der Waals surface area contributed by atoms with E-state index < -0.39 is 0 Å². The zero-order valence-electron chi connectivity index (χ0n) is 8.30. The Bertz CT molecular complexity index is 315. The van der Waals surface area contributed by atoms with Crippen molar-refractivity contribution < 1.29 is 9.84 Å². The molecule has 0 saturated heterocycles. The highest BCUT2D eigenvalue weighted by atomic mass is 79.9. The van der Waals surface area contributed by atoms with E-state index >= 15 is 0 Å². The van der Waals surface area contributed by atoms with Gasteiger partial charge in [0.05, 0.1) is 11.6 Å². The van der Waals surface area contributed by atoms with Crippen LogP contribution >= 0.6 is 15.9 Å². The molecule has 0 heterocycles. The maximum atomic E-state index is 9.62. The van der Waals surface area contributed by atoms with Crippen LogP contribution in [0.25, 0.3) is 0 Å². The molecule has 0 aliphatic carbocycles. The summed E-state index contributed by atoms with van der Waals surface area (Å²) >= 11 is 3.41. The number of hydrogen-bond acceptors (Lipinski definition) is 3. The number of ether oxygens (including phenoxy) is 1. The summed E-state index contributed by atoms with van der Waals surface area (Å²) in [6, 6.07) is 3.39. The van der Waals surface area contributed by atoms with Crippen molar-refractivity contribution in [3.8, 4) is 11.5 Å². The van der Waals surface area contributed by atoms with Crippen LogP contribution in [0.3, 0.4) is 0 Å². The van der Waals surface area contributed by atoms with Crippen LogP contribution in [-0.4, -0.2) is 25.8 Å². The third-order valence-electron chi connectivity index (χ3n) is 2.03. The number of likely N-dealkylation sites (N-methyl/N-ethyl adjacent to an activating group) is 1. The average Bonchev–Trinajstić information content (AvgIpc) is 2.18. The van der Waals surface area contributed by atoms with E-state index in [1.54, 1.807) is 19.2 Å². The third kappa shape index (κ3) is 2.39. The molecule has 78 valence electrons. The molecule has 0 amide bonds. The monoisotopic (exact) mass is 259 g/mol. The summed E-state index contributed by atoms with van der Waals surface area (Å²) in [5.41, 5.74) is 0.874. The molecule has 1 rings (SSSR count). The summed E-state index contributed by atoms with van der Waals surface area (Å²) in [5.74, 6) is 1.04. The molecule has 3 nitrogen and oxygen atoms in total. The molecule has 0 spiro atoms. The second-order valence-corrected chi connectivity index (χ2v) is 3.73. The number of benzene rings is 1. The Hall–Kier alpha value is -0.740. The number of halogens is 1. The number of phenolic OH excluding ortho intramolecular Hbond substituents is 1. The van der Waals surface area contributed by atoms with E-state index in [1.165, 1.54) is 0 Å². The fraction of sp³-hybridized carbons (Fsp3) is 0.400. The highest BCUT2D eigenvalue weighted by Crippen LogP contribution is 2.34. The molecular weight excluding hydrogens is 246 g/mol. The zero-order chi connectivity index (χ0) is 10.6. The summed E-state index contributed by atoms with van der Waals surface area (Å²) in [6.45, 7) is 0.819. The maximum absolute atomic E-state index is 9.62. The molecule has 0 atom stereocenters. The van der Waals surface area contributed by atoms with Crippen LogP contribution in [0.4, 0.5) is 0 Å². The predicted molar refractivity (Wildman–Crippen MR) is 60.0 cm³/mol. The van der Waals surface area contributed by atoms with E-state index in [9.17, 15) is 5.11 Å². The van der Waals surface area contributed by atoms with Crippen molar-refractivity contribution >= 4 is 15.9 Å². The molecular formula is C10H14BrNO2. The van der Waals surface area contributed by atoms with E-state index in [0.29, 0.717) is 5.75 Å². The second-order valence-electron chi connectivity index (χ2n) is 2.93. The molecule has 0 bridgehead atoms. The Kier molecular flexibility index (Phi) is 4.22. The number of phenols is 1. The van der Waals surface area contributed by atoms with Crippen LogP contribution in [0.5, 0.6) is 11.5 Å². The quantitative estimate of drug-likeness (QED) is 0.869. The van der Waals surface area contributed by atoms with Gasteiger partial charge in [0.15, 0.2) is 0 Å². The van der Waals surface area contributed by atoms with Gasteiger partial charge in [-0.2, -0.15) is 0 Å². The molecule has 0 aliphatic rings. The standard InChI is InChI=1S/C10H14BrNO2/c1-12-6-5-7-8(13)3-4-9(14-2)10(7)11/h3-4,12-13H,5-6H2,1-2H3. The van der Waals surface area contributed by atoms with Gasteiger partial charge in [0, 0.05) is 5.56 Å². The first-order valence-corrected chi connectivity index (χ1v) is 5.19. The molecule has 1 aromatic carbocycles. The minimum atomic E-state index is 0.299. The van der Waals surface area contributed by atoms with E-state index in [-0.39, 0.29) is 0 Å². The van der Waals surface area contributed by atoms with Crippen molar-refractivity contribution in [1.29, 1.82) is 0 Å². The van der Waals surface area contributed by atoms with Crippen LogP contribution in [-0.2, 0) is 6.42 Å². The largest absolute Gasteiger partial charge is 0.508 e. The average molecular weight is 260 g/mol. The van der Waals surface area contributed by atoms with Crippen molar-refractivity contribution in [2.45, 2.75) is 6.42 Å². The van der Waals surface area contributed by atoms with E-state index in [0.717, 1.165) is 28.8 Å². The van der Waals surface area contributed by atoms with E-state index in [2.05, 4.69) is 21.2 Å². The van der Waals surface area contributed by atoms with Crippen molar-refractivity contribution in [2.75, 3.05) is 20.7 Å². The fourth-order valence-electron chi connectivity index (χ4n) is 1.23. The first-order chi connectivity index (χ1) is 6.70. The van der Waals surface area contributed by atoms with Crippen LogP contribution in [0.1, 0.15) is 5.56 Å². The van der Waals surface area contributed by atoms with Crippen molar-refractivity contribution in [3.63, 3.8) is 0 Å². The maximum Gasteiger partial charge on any atom is 0.133 e. The lowest BCUT2D eigenvalue weighted by molar-refractivity contribution is 0.407. The Morgan fingerprint density at radius 3 is 2.79 bits per heavy atom. The minimum absolute atomic E-state index is 0.299. The molecule has 2 N–H and O–H groups in total. The van der Waals surface area contributed by atoms with Gasteiger partial charge < -0.3 is 15.2 Å². The van der Waals surface area contributed by atoms with Gasteiger partial charge in [-0.25, -0.2) is 0 Å². The van der Waals surface area contributed by atoms with Gasteiger partial charge in [-0.3, -0.25) is 0 Å². The molecule has 0 unspecified atom stereocenters. The lowest BCUT2D eigenvalue weighted by atomic mass is 10.1. The first kappa shape index (κ1) is 11.3. The Balaban J connectivity index is 2.99. The Morgan fingerprint density at radius 2 is 2.21 bits per heavy atom. The molecule has 4 heteroatoms. The SMILES string of the molecule is CNCCc1c(O)ccc(OC)c1Br. The van der Waals surface area contributed by atoms with Gasteiger partial charge in [0.1, 0.15) is 11.5 Å². The van der Waals surface area contributed by atoms with Crippen LogP contribution in [0.15, 0.2) is 16.6 Å². The molecule has 0 aromatic heterocycles. The first-order valence-electron chi connectivity index (χ1n) is 4.39. The van der Waals surface area contributed by atoms with Gasteiger partial charge in [0.2, 0.25) is 0 Å². The Morgan fingerprint density at radius 1 is 1.50 bits per heavy atom. The molecule has 1 aromatic rings. The topological polar surface area (TPSA) is 41.5 Å². The fourth-order valence-corrected chi connectivity index (χ4v) is 1.93. The summed E-state index contributed by atoms with van der Waals surface area (Å²) in [6.07, 6.45) is 0.764. The lowest BCUT2D eigenvalue weighted by Crippen LogP contribution is -2.10. The number of hydrogen-bond donors (Lipinski definition) is 2. The summed E-state index contributed by atoms with van der Waals surface area (Å²) < 4.78 is 5.97. The molecule has 14 heavy (non-hydrogen) atoms. The zero-order valence-corrected chi connectivity index (χ0v) is 9.89. The highest BCUT2D eigenvalue weighted by molar-refractivity contribution is 9.10. The summed E-state index contributed by atoms with van der Waals surface area (Å²) in [5, 5.41) is 12.7. The second kappa shape index (κ2) is 5.22. The number of aromatic hydroxyl groups is 1. The van der Waals surface area contributed by atoms with Crippen LogP contribution in [0.2, 0.25) is 0 Å². The minimum Gasteiger partial charge on any atom is -0.508 e. The van der Waals surface area contributed by atoms with Crippen molar-refractivity contribution in [1.82, 2.24) is 5.32 Å². The lowest BCUT2D eigenvalue weighted by Gasteiger charge is -2.10. The summed E-state index contributed by atoms with van der Waals surface area (Å²) in [7, 11) is 3.49. The van der Waals surface area contributed by atoms with Gasteiger partial charge >= 0.3 is 0 Å². The predicted octanol–water partition coefficient (Wildman–Crippen LogP) is 1.93. The number of rotatable bonds is 4. The molecule has 0 aliphatic heterocycles.